The van der Waals surface area contributed by atoms with E-state index in [1.807, 2.05) is 84.9 Å². The zero-order valence-corrected chi connectivity index (χ0v) is 20.1. The highest BCUT2D eigenvalue weighted by atomic mass is 16.2. The molecule has 4 aromatic carbocycles. The monoisotopic (exact) mass is 468 g/mol. The first-order valence-electron chi connectivity index (χ1n) is 11.9. The van der Waals surface area contributed by atoms with Gasteiger partial charge in [0.2, 0.25) is 0 Å². The molecule has 0 spiro atoms. The van der Waals surface area contributed by atoms with E-state index in [4.69, 9.17) is 0 Å². The molecule has 4 heteroatoms. The number of hydrogen-bond acceptors (Lipinski definition) is 2. The lowest BCUT2D eigenvalue weighted by atomic mass is 9.98. The summed E-state index contributed by atoms with van der Waals surface area (Å²) >= 11 is 0. The van der Waals surface area contributed by atoms with Crippen LogP contribution in [-0.2, 0) is 9.59 Å². The number of likely N-dealkylation sites (N-methyl/N-ethyl adjacent to an activating group) is 2. The smallest absolute Gasteiger partial charge is 0.261 e. The zero-order chi connectivity index (χ0) is 24.8. The molecule has 2 aliphatic rings. The maximum Gasteiger partial charge on any atom is 0.261 e. The third-order valence-corrected chi connectivity index (χ3v) is 6.96. The number of carbonyl (C=O) groups is 2. The highest BCUT2D eigenvalue weighted by Crippen LogP contribution is 2.45. The van der Waals surface area contributed by atoms with Crippen molar-refractivity contribution in [1.82, 2.24) is 9.80 Å². The van der Waals surface area contributed by atoms with Gasteiger partial charge in [-0.2, -0.15) is 0 Å². The minimum Gasteiger partial charge on any atom is -0.310 e. The molecule has 36 heavy (non-hydrogen) atoms. The molecule has 0 saturated carbocycles. The maximum atomic E-state index is 13.5. The van der Waals surface area contributed by atoms with Crippen molar-refractivity contribution in [3.8, 4) is 22.3 Å². The Morgan fingerprint density at radius 3 is 1.00 bits per heavy atom. The van der Waals surface area contributed by atoms with Gasteiger partial charge in [0.05, 0.1) is 22.5 Å². The molecule has 4 aromatic rings. The molecular formula is C32H24N2O2. The molecule has 2 amide bonds. The van der Waals surface area contributed by atoms with E-state index in [1.54, 1.807) is 23.9 Å². The Balaban J connectivity index is 1.43. The number of benzene rings is 4. The van der Waals surface area contributed by atoms with Crippen LogP contribution < -0.4 is 0 Å². The summed E-state index contributed by atoms with van der Waals surface area (Å²) < 4.78 is 0. The first-order chi connectivity index (χ1) is 17.5. The second-order valence-electron chi connectivity index (χ2n) is 9.06. The lowest BCUT2D eigenvalue weighted by molar-refractivity contribution is -0.123. The quantitative estimate of drug-likeness (QED) is 0.364. The Morgan fingerprint density at radius 1 is 0.389 bits per heavy atom. The fourth-order valence-electron chi connectivity index (χ4n) is 5.11. The van der Waals surface area contributed by atoms with Crippen molar-refractivity contribution in [2.45, 2.75) is 0 Å². The van der Waals surface area contributed by atoms with Crippen LogP contribution in [0.2, 0.25) is 0 Å². The summed E-state index contributed by atoms with van der Waals surface area (Å²) in [7, 11) is 3.48. The van der Waals surface area contributed by atoms with Gasteiger partial charge in [0.15, 0.2) is 0 Å². The van der Waals surface area contributed by atoms with E-state index >= 15 is 0 Å². The molecular weight excluding hydrogens is 444 g/mol. The Hall–Kier alpha value is -4.70. The summed E-state index contributed by atoms with van der Waals surface area (Å²) in [4.78, 5) is 30.1. The summed E-state index contributed by atoms with van der Waals surface area (Å²) in [5.41, 5.74) is 8.36. The van der Waals surface area contributed by atoms with Crippen molar-refractivity contribution in [2.75, 3.05) is 14.1 Å². The minimum atomic E-state index is -0.160. The normalized spacial score (nSPS) is 15.3. The molecule has 0 radical (unpaired) electrons. The van der Waals surface area contributed by atoms with Crippen molar-refractivity contribution >= 4 is 23.2 Å². The molecule has 2 aliphatic heterocycles. The SMILES string of the molecule is CN1C(=O)C2=C(c3ccc(-c4ccccc4)cc3)N(C)C(=O)C2=C1c1ccc(-c2ccccc2)cc1. The topological polar surface area (TPSA) is 40.6 Å². The predicted octanol–water partition coefficient (Wildman–Crippen LogP) is 6.09. The number of carbonyl (C=O) groups excluding carboxylic acids is 2. The molecule has 6 rings (SSSR count). The van der Waals surface area contributed by atoms with Gasteiger partial charge < -0.3 is 9.80 Å². The van der Waals surface area contributed by atoms with Gasteiger partial charge in [-0.05, 0) is 33.4 Å². The second kappa shape index (κ2) is 8.51. The molecule has 0 saturated heterocycles. The Kier molecular flexibility index (Phi) is 5.15. The molecule has 0 N–H and O–H groups in total. The predicted molar refractivity (Wildman–Crippen MR) is 143 cm³/mol. The number of amides is 2. The maximum absolute atomic E-state index is 13.5. The molecule has 0 bridgehead atoms. The largest absolute Gasteiger partial charge is 0.310 e. The van der Waals surface area contributed by atoms with E-state index in [0.717, 1.165) is 33.4 Å². The first kappa shape index (κ1) is 21.8. The highest BCUT2D eigenvalue weighted by Gasteiger charge is 2.46. The number of fused-ring (bicyclic) bond motifs is 1. The number of hydrogen-bond donors (Lipinski definition) is 0. The van der Waals surface area contributed by atoms with Crippen LogP contribution in [-0.4, -0.2) is 35.7 Å². The first-order valence-corrected chi connectivity index (χ1v) is 11.9. The van der Waals surface area contributed by atoms with Crippen LogP contribution in [0.3, 0.4) is 0 Å². The average molecular weight is 469 g/mol. The van der Waals surface area contributed by atoms with Crippen LogP contribution in [0.1, 0.15) is 11.1 Å². The van der Waals surface area contributed by atoms with Gasteiger partial charge in [0.1, 0.15) is 0 Å². The lowest BCUT2D eigenvalue weighted by Crippen LogP contribution is -2.25. The van der Waals surface area contributed by atoms with E-state index in [-0.39, 0.29) is 11.8 Å². The van der Waals surface area contributed by atoms with Gasteiger partial charge in [-0.1, -0.05) is 109 Å². The molecule has 4 nitrogen and oxygen atoms in total. The molecule has 0 unspecified atom stereocenters. The molecule has 174 valence electrons. The zero-order valence-electron chi connectivity index (χ0n) is 20.1. The Morgan fingerprint density at radius 2 is 0.667 bits per heavy atom. The molecule has 0 aromatic heterocycles. The van der Waals surface area contributed by atoms with Gasteiger partial charge >= 0.3 is 0 Å². The van der Waals surface area contributed by atoms with Crippen LogP contribution in [0, 0.1) is 0 Å². The second-order valence-corrected chi connectivity index (χ2v) is 9.06. The van der Waals surface area contributed by atoms with Crippen LogP contribution in [0.15, 0.2) is 120 Å². The van der Waals surface area contributed by atoms with Crippen molar-refractivity contribution in [2.24, 2.45) is 0 Å². The number of rotatable bonds is 4. The summed E-state index contributed by atoms with van der Waals surface area (Å²) in [5.74, 6) is -0.320. The lowest BCUT2D eigenvalue weighted by Gasteiger charge is -2.20. The third kappa shape index (κ3) is 3.38. The van der Waals surface area contributed by atoms with E-state index in [2.05, 4.69) is 24.3 Å². The highest BCUT2D eigenvalue weighted by molar-refractivity contribution is 6.30. The van der Waals surface area contributed by atoms with Crippen LogP contribution in [0.25, 0.3) is 33.6 Å². The fourth-order valence-corrected chi connectivity index (χ4v) is 5.11. The standard InChI is InChI=1S/C32H24N2O2/c1-33-29(25-17-13-23(14-18-25)21-9-5-3-6-10-21)27-28(31(33)35)30(34(2)32(27)36)26-19-15-24(16-20-26)22-11-7-4-8-12-22/h3-20H,1-2H3. The van der Waals surface area contributed by atoms with Crippen LogP contribution >= 0.6 is 0 Å². The van der Waals surface area contributed by atoms with Crippen molar-refractivity contribution < 1.29 is 9.59 Å². The van der Waals surface area contributed by atoms with Crippen LogP contribution in [0.5, 0.6) is 0 Å². The molecule has 0 aliphatic carbocycles. The summed E-state index contributed by atoms with van der Waals surface area (Å²) in [6, 6.07) is 36.3. The molecule has 0 fully saturated rings. The molecule has 2 heterocycles. The minimum absolute atomic E-state index is 0.160. The van der Waals surface area contributed by atoms with Gasteiger partial charge in [-0.15, -0.1) is 0 Å². The number of nitrogens with zero attached hydrogens (tertiary/aromatic N) is 2. The van der Waals surface area contributed by atoms with E-state index in [0.29, 0.717) is 22.5 Å². The van der Waals surface area contributed by atoms with Gasteiger partial charge in [-0.3, -0.25) is 9.59 Å². The van der Waals surface area contributed by atoms with Crippen molar-refractivity contribution in [3.63, 3.8) is 0 Å². The van der Waals surface area contributed by atoms with Crippen molar-refractivity contribution in [1.29, 1.82) is 0 Å². The Bertz CT molecular complexity index is 1430. The average Bonchev–Trinajstić information content (AvgIpc) is 3.34. The van der Waals surface area contributed by atoms with Gasteiger partial charge in [0.25, 0.3) is 11.8 Å². The Labute approximate surface area is 210 Å². The summed E-state index contributed by atoms with van der Waals surface area (Å²) in [6.45, 7) is 0. The van der Waals surface area contributed by atoms with Gasteiger partial charge in [-0.25, -0.2) is 0 Å². The van der Waals surface area contributed by atoms with E-state index in [9.17, 15) is 9.59 Å². The van der Waals surface area contributed by atoms with Crippen molar-refractivity contribution in [3.05, 3.63) is 131 Å². The van der Waals surface area contributed by atoms with E-state index < -0.39 is 0 Å². The van der Waals surface area contributed by atoms with Crippen LogP contribution in [0.4, 0.5) is 0 Å². The third-order valence-electron chi connectivity index (χ3n) is 6.96. The fraction of sp³-hybridized carbons (Fsp3) is 0.0625. The summed E-state index contributed by atoms with van der Waals surface area (Å²) in [6.07, 6.45) is 0. The summed E-state index contributed by atoms with van der Waals surface area (Å²) in [5, 5.41) is 0. The molecule has 0 atom stereocenters. The van der Waals surface area contributed by atoms with E-state index in [1.165, 1.54) is 0 Å². The van der Waals surface area contributed by atoms with Gasteiger partial charge in [0, 0.05) is 14.1 Å².